The summed E-state index contributed by atoms with van der Waals surface area (Å²) in [5.74, 6) is -0.267. The molecule has 0 saturated heterocycles. The standard InChI is InChI=1S/C5H10N2O.ClH/c6-5(8)3-7-4-1-2-4;/h4,7H,1-3H2,(H2,6,8);1H. The second-order valence-electron chi connectivity index (χ2n) is 2.12. The van der Waals surface area contributed by atoms with Crippen molar-refractivity contribution in [1.82, 2.24) is 5.32 Å². The van der Waals surface area contributed by atoms with Gasteiger partial charge in [0.25, 0.3) is 0 Å². The second kappa shape index (κ2) is 3.69. The molecule has 0 unspecified atom stereocenters. The maximum atomic E-state index is 10.1. The summed E-state index contributed by atoms with van der Waals surface area (Å²) >= 11 is 0. The van der Waals surface area contributed by atoms with Crippen LogP contribution in [0.15, 0.2) is 0 Å². The van der Waals surface area contributed by atoms with Crippen LogP contribution in [0.1, 0.15) is 12.8 Å². The molecule has 0 aromatic rings. The third kappa shape index (κ3) is 4.24. The topological polar surface area (TPSA) is 55.1 Å². The van der Waals surface area contributed by atoms with Crippen LogP contribution in [-0.2, 0) is 4.79 Å². The van der Waals surface area contributed by atoms with Crippen LogP contribution < -0.4 is 11.1 Å². The van der Waals surface area contributed by atoms with Gasteiger partial charge in [-0.3, -0.25) is 4.79 Å². The van der Waals surface area contributed by atoms with Gasteiger partial charge in [-0.05, 0) is 12.8 Å². The van der Waals surface area contributed by atoms with Gasteiger partial charge in [-0.15, -0.1) is 12.4 Å². The molecule has 1 rings (SSSR count). The highest BCUT2D eigenvalue weighted by molar-refractivity contribution is 5.85. The molecule has 0 spiro atoms. The Morgan fingerprint density at radius 3 is 2.56 bits per heavy atom. The molecule has 0 aromatic heterocycles. The fourth-order valence-corrected chi connectivity index (χ4v) is 0.532. The summed E-state index contributed by atoms with van der Waals surface area (Å²) in [5, 5.41) is 2.98. The minimum absolute atomic E-state index is 0. The Kier molecular flexibility index (Phi) is 3.58. The van der Waals surface area contributed by atoms with Crippen molar-refractivity contribution in [1.29, 1.82) is 0 Å². The van der Waals surface area contributed by atoms with Gasteiger partial charge in [-0.2, -0.15) is 0 Å². The molecule has 1 amide bonds. The molecule has 3 N–H and O–H groups in total. The van der Waals surface area contributed by atoms with E-state index in [-0.39, 0.29) is 18.3 Å². The van der Waals surface area contributed by atoms with Crippen LogP contribution in [0.2, 0.25) is 0 Å². The number of rotatable bonds is 3. The van der Waals surface area contributed by atoms with Gasteiger partial charge in [0.15, 0.2) is 0 Å². The molecular formula is C5H11ClN2O. The Bertz CT molecular complexity index is 103. The smallest absolute Gasteiger partial charge is 0.231 e. The summed E-state index contributed by atoms with van der Waals surface area (Å²) in [6.45, 7) is 0.338. The lowest BCUT2D eigenvalue weighted by Crippen LogP contribution is -2.29. The fourth-order valence-electron chi connectivity index (χ4n) is 0.532. The van der Waals surface area contributed by atoms with Crippen molar-refractivity contribution in [2.24, 2.45) is 5.73 Å². The minimum atomic E-state index is -0.267. The molecule has 3 nitrogen and oxygen atoms in total. The van der Waals surface area contributed by atoms with Crippen molar-refractivity contribution in [2.45, 2.75) is 18.9 Å². The summed E-state index contributed by atoms with van der Waals surface area (Å²) < 4.78 is 0. The zero-order valence-corrected chi connectivity index (χ0v) is 5.91. The Balaban J connectivity index is 0.000000640. The van der Waals surface area contributed by atoms with Gasteiger partial charge < -0.3 is 11.1 Å². The van der Waals surface area contributed by atoms with E-state index in [1.807, 2.05) is 0 Å². The maximum absolute atomic E-state index is 10.1. The van der Waals surface area contributed by atoms with Crippen molar-refractivity contribution >= 4 is 18.3 Å². The number of carbonyl (C=O) groups is 1. The largest absolute Gasteiger partial charge is 0.369 e. The normalized spacial score (nSPS) is 16.4. The van der Waals surface area contributed by atoms with E-state index in [0.29, 0.717) is 12.6 Å². The van der Waals surface area contributed by atoms with Crippen LogP contribution in [0.25, 0.3) is 0 Å². The van der Waals surface area contributed by atoms with Crippen LogP contribution in [0.3, 0.4) is 0 Å². The Labute approximate surface area is 60.4 Å². The lowest BCUT2D eigenvalue weighted by molar-refractivity contribution is -0.117. The first-order valence-corrected chi connectivity index (χ1v) is 2.81. The van der Waals surface area contributed by atoms with E-state index in [4.69, 9.17) is 5.73 Å². The molecule has 0 bridgehead atoms. The molecule has 0 radical (unpaired) electrons. The van der Waals surface area contributed by atoms with Gasteiger partial charge in [0.1, 0.15) is 0 Å². The van der Waals surface area contributed by atoms with E-state index < -0.39 is 0 Å². The molecule has 9 heavy (non-hydrogen) atoms. The third-order valence-electron chi connectivity index (χ3n) is 1.14. The van der Waals surface area contributed by atoms with Gasteiger partial charge in [-0.1, -0.05) is 0 Å². The highest BCUT2D eigenvalue weighted by Crippen LogP contribution is 2.17. The van der Waals surface area contributed by atoms with Crippen molar-refractivity contribution in [3.8, 4) is 0 Å². The first-order chi connectivity index (χ1) is 3.79. The van der Waals surface area contributed by atoms with Crippen molar-refractivity contribution < 1.29 is 4.79 Å². The Morgan fingerprint density at radius 2 is 2.22 bits per heavy atom. The van der Waals surface area contributed by atoms with Gasteiger partial charge in [0, 0.05) is 6.04 Å². The zero-order valence-electron chi connectivity index (χ0n) is 5.09. The van der Waals surface area contributed by atoms with E-state index >= 15 is 0 Å². The lowest BCUT2D eigenvalue weighted by Gasteiger charge is -1.94. The summed E-state index contributed by atoms with van der Waals surface area (Å²) in [5.41, 5.74) is 4.87. The molecule has 1 saturated carbocycles. The molecule has 1 fully saturated rings. The van der Waals surface area contributed by atoms with Crippen LogP contribution in [0.5, 0.6) is 0 Å². The molecule has 0 atom stereocenters. The number of halogens is 1. The molecular weight excluding hydrogens is 140 g/mol. The average molecular weight is 151 g/mol. The fraction of sp³-hybridized carbons (Fsp3) is 0.800. The Morgan fingerprint density at radius 1 is 1.67 bits per heavy atom. The minimum Gasteiger partial charge on any atom is -0.369 e. The van der Waals surface area contributed by atoms with E-state index in [2.05, 4.69) is 5.32 Å². The first-order valence-electron chi connectivity index (χ1n) is 2.81. The number of hydrogen-bond acceptors (Lipinski definition) is 2. The predicted octanol–water partition coefficient (Wildman–Crippen LogP) is -0.355. The Hall–Kier alpha value is -0.280. The summed E-state index contributed by atoms with van der Waals surface area (Å²) in [4.78, 5) is 10.1. The van der Waals surface area contributed by atoms with Crippen molar-refractivity contribution in [2.75, 3.05) is 6.54 Å². The summed E-state index contributed by atoms with van der Waals surface area (Å²) in [6, 6.07) is 0.586. The summed E-state index contributed by atoms with van der Waals surface area (Å²) in [6.07, 6.45) is 2.40. The number of carbonyl (C=O) groups excluding carboxylic acids is 1. The van der Waals surface area contributed by atoms with Gasteiger partial charge in [0.05, 0.1) is 6.54 Å². The molecule has 4 heteroatoms. The predicted molar refractivity (Wildman–Crippen MR) is 37.5 cm³/mol. The molecule has 1 aliphatic rings. The van der Waals surface area contributed by atoms with E-state index in [1.165, 1.54) is 12.8 Å². The second-order valence-corrected chi connectivity index (χ2v) is 2.12. The highest BCUT2D eigenvalue weighted by atomic mass is 35.5. The first kappa shape index (κ1) is 8.72. The van der Waals surface area contributed by atoms with Crippen LogP contribution >= 0.6 is 12.4 Å². The van der Waals surface area contributed by atoms with Gasteiger partial charge >= 0.3 is 0 Å². The van der Waals surface area contributed by atoms with E-state index in [9.17, 15) is 4.79 Å². The number of hydrogen-bond donors (Lipinski definition) is 2. The quantitative estimate of drug-likeness (QED) is 0.578. The lowest BCUT2D eigenvalue weighted by atomic mass is 10.6. The molecule has 1 aliphatic carbocycles. The van der Waals surface area contributed by atoms with Gasteiger partial charge in [-0.25, -0.2) is 0 Å². The SMILES string of the molecule is Cl.NC(=O)CNC1CC1. The molecule has 54 valence electrons. The number of primary amides is 1. The molecule has 0 aliphatic heterocycles. The highest BCUT2D eigenvalue weighted by Gasteiger charge is 2.20. The number of nitrogens with two attached hydrogens (primary N) is 1. The van der Waals surface area contributed by atoms with Crippen molar-refractivity contribution in [3.63, 3.8) is 0 Å². The number of amides is 1. The maximum Gasteiger partial charge on any atom is 0.231 e. The molecule has 0 aromatic carbocycles. The average Bonchev–Trinajstić information content (AvgIpc) is 2.41. The monoisotopic (exact) mass is 150 g/mol. The van der Waals surface area contributed by atoms with E-state index in [0.717, 1.165) is 0 Å². The van der Waals surface area contributed by atoms with E-state index in [1.54, 1.807) is 0 Å². The van der Waals surface area contributed by atoms with Crippen LogP contribution in [0.4, 0.5) is 0 Å². The van der Waals surface area contributed by atoms with Crippen LogP contribution in [-0.4, -0.2) is 18.5 Å². The van der Waals surface area contributed by atoms with Crippen molar-refractivity contribution in [3.05, 3.63) is 0 Å². The summed E-state index contributed by atoms with van der Waals surface area (Å²) in [7, 11) is 0. The zero-order chi connectivity index (χ0) is 5.98. The number of nitrogens with one attached hydrogen (secondary N) is 1. The van der Waals surface area contributed by atoms with Crippen LogP contribution in [0, 0.1) is 0 Å². The molecule has 0 heterocycles. The third-order valence-corrected chi connectivity index (χ3v) is 1.14. The van der Waals surface area contributed by atoms with Gasteiger partial charge in [0.2, 0.25) is 5.91 Å².